The van der Waals surface area contributed by atoms with Crippen LogP contribution in [0, 0.1) is 6.92 Å². The van der Waals surface area contributed by atoms with E-state index in [1.165, 1.54) is 0 Å². The Bertz CT molecular complexity index is 960. The molecule has 1 aliphatic carbocycles. The lowest BCUT2D eigenvalue weighted by molar-refractivity contribution is 0.0920. The average Bonchev–Trinajstić information content (AvgIpc) is 3.23. The maximum absolute atomic E-state index is 13.0. The Morgan fingerprint density at radius 3 is 2.69 bits per heavy atom. The number of amides is 2. The van der Waals surface area contributed by atoms with Gasteiger partial charge in [0.15, 0.2) is 0 Å². The number of hydrogen-bond acceptors (Lipinski definition) is 8. The fraction of sp³-hybridized carbons (Fsp3) is 0.545. The second kappa shape index (κ2) is 10.7. The lowest BCUT2D eigenvalue weighted by Gasteiger charge is -2.29. The number of aromatic nitrogens is 2. The van der Waals surface area contributed by atoms with Gasteiger partial charge in [-0.2, -0.15) is 11.8 Å². The Balaban J connectivity index is 1.55. The summed E-state index contributed by atoms with van der Waals surface area (Å²) in [6, 6.07) is 5.55. The molecule has 2 unspecified atom stereocenters. The molecular formula is C22H30N6O2S2. The molecule has 2 aromatic rings. The predicted molar refractivity (Wildman–Crippen MR) is 129 cm³/mol. The highest BCUT2D eigenvalue weighted by atomic mass is 32.2. The highest BCUT2D eigenvalue weighted by Gasteiger charge is 2.24. The molecule has 32 heavy (non-hydrogen) atoms. The second-order valence-electron chi connectivity index (χ2n) is 8.43. The molecule has 4 N–H and O–H groups in total. The minimum Gasteiger partial charge on any atom is -0.348 e. The molecule has 0 bridgehead atoms. The van der Waals surface area contributed by atoms with Crippen molar-refractivity contribution in [1.82, 2.24) is 19.8 Å². The molecule has 1 saturated heterocycles. The predicted octanol–water partition coefficient (Wildman–Crippen LogP) is 2.65. The first kappa shape index (κ1) is 23.2. The highest BCUT2D eigenvalue weighted by molar-refractivity contribution is 7.99. The first-order valence-electron chi connectivity index (χ1n) is 11.1. The maximum Gasteiger partial charge on any atom is 0.269 e. The zero-order valence-corrected chi connectivity index (χ0v) is 19.9. The van der Waals surface area contributed by atoms with Crippen LogP contribution in [0.1, 0.15) is 57.0 Å². The largest absolute Gasteiger partial charge is 0.348 e. The number of hydrogen-bond donors (Lipinski definition) is 3. The smallest absolute Gasteiger partial charge is 0.269 e. The van der Waals surface area contributed by atoms with Gasteiger partial charge in [0.1, 0.15) is 4.88 Å². The van der Waals surface area contributed by atoms with Gasteiger partial charge in [0.05, 0.1) is 5.69 Å². The van der Waals surface area contributed by atoms with E-state index in [9.17, 15) is 9.59 Å². The number of nitrogens with zero attached hydrogens (tertiary/aromatic N) is 3. The van der Waals surface area contributed by atoms with Crippen molar-refractivity contribution in [2.75, 3.05) is 29.9 Å². The molecule has 1 aliphatic heterocycles. The third-order valence-electron chi connectivity index (χ3n) is 6.11. The van der Waals surface area contributed by atoms with Crippen LogP contribution in [0.5, 0.6) is 0 Å². The van der Waals surface area contributed by atoms with Crippen molar-refractivity contribution >= 4 is 40.8 Å². The van der Waals surface area contributed by atoms with Crippen LogP contribution in [-0.4, -0.2) is 63.0 Å². The second-order valence-corrected chi connectivity index (χ2v) is 10.4. The first-order chi connectivity index (χ1) is 15.5. The number of aryl methyl sites for hydroxylation is 1. The van der Waals surface area contributed by atoms with E-state index >= 15 is 0 Å². The molecular weight excluding hydrogens is 444 g/mol. The summed E-state index contributed by atoms with van der Waals surface area (Å²) in [5.41, 5.74) is 8.98. The molecule has 172 valence electrons. The lowest BCUT2D eigenvalue weighted by Crippen LogP contribution is -2.49. The van der Waals surface area contributed by atoms with E-state index in [2.05, 4.69) is 25.1 Å². The molecule has 8 nitrogen and oxygen atoms in total. The minimum atomic E-state index is -0.250. The van der Waals surface area contributed by atoms with E-state index in [1.54, 1.807) is 13.0 Å². The van der Waals surface area contributed by atoms with Crippen molar-refractivity contribution in [1.29, 1.82) is 0 Å². The molecule has 10 heteroatoms. The van der Waals surface area contributed by atoms with Gasteiger partial charge in [-0.05, 0) is 49.0 Å². The SMILES string of the molecule is Cc1nnsc1C(=O)Nc1cc(C(=O)NC2CCCCC2N)ccc1CN1CCSCC1. The van der Waals surface area contributed by atoms with Crippen molar-refractivity contribution < 1.29 is 9.59 Å². The van der Waals surface area contributed by atoms with Crippen LogP contribution in [0.3, 0.4) is 0 Å². The molecule has 4 rings (SSSR count). The summed E-state index contributed by atoms with van der Waals surface area (Å²) in [7, 11) is 0. The van der Waals surface area contributed by atoms with Gasteiger partial charge in [0, 0.05) is 54.5 Å². The van der Waals surface area contributed by atoms with Crippen LogP contribution in [-0.2, 0) is 6.54 Å². The lowest BCUT2D eigenvalue weighted by atomic mass is 9.91. The van der Waals surface area contributed by atoms with Crippen LogP contribution in [0.25, 0.3) is 0 Å². The van der Waals surface area contributed by atoms with Gasteiger partial charge >= 0.3 is 0 Å². The molecule has 0 radical (unpaired) electrons. The summed E-state index contributed by atoms with van der Waals surface area (Å²) in [5.74, 6) is 1.81. The number of anilines is 1. The first-order valence-corrected chi connectivity index (χ1v) is 13.0. The molecule has 1 aromatic carbocycles. The molecule has 0 spiro atoms. The van der Waals surface area contributed by atoms with Crippen molar-refractivity contribution in [3.05, 3.63) is 39.9 Å². The van der Waals surface area contributed by atoms with E-state index in [1.807, 2.05) is 23.9 Å². The number of nitrogens with two attached hydrogens (primary N) is 1. The topological polar surface area (TPSA) is 113 Å². The summed E-state index contributed by atoms with van der Waals surface area (Å²) >= 11 is 3.03. The van der Waals surface area contributed by atoms with Crippen LogP contribution >= 0.6 is 23.3 Å². The van der Waals surface area contributed by atoms with Gasteiger partial charge in [-0.15, -0.1) is 5.10 Å². The van der Waals surface area contributed by atoms with E-state index in [0.29, 0.717) is 21.8 Å². The fourth-order valence-corrected chi connectivity index (χ4v) is 5.71. The van der Waals surface area contributed by atoms with Gasteiger partial charge in [-0.1, -0.05) is 23.4 Å². The van der Waals surface area contributed by atoms with Crippen LogP contribution < -0.4 is 16.4 Å². The van der Waals surface area contributed by atoms with Crippen LogP contribution in [0.15, 0.2) is 18.2 Å². The molecule has 2 atom stereocenters. The summed E-state index contributed by atoms with van der Waals surface area (Å²) in [6.45, 7) is 4.52. The van der Waals surface area contributed by atoms with E-state index in [4.69, 9.17) is 5.73 Å². The van der Waals surface area contributed by atoms with Crippen molar-refractivity contribution in [3.63, 3.8) is 0 Å². The van der Waals surface area contributed by atoms with Crippen molar-refractivity contribution in [3.8, 4) is 0 Å². The highest BCUT2D eigenvalue weighted by Crippen LogP contribution is 2.24. The molecule has 2 fully saturated rings. The number of carbonyl (C=O) groups is 2. The fourth-order valence-electron chi connectivity index (χ4n) is 4.18. The zero-order chi connectivity index (χ0) is 22.5. The zero-order valence-electron chi connectivity index (χ0n) is 18.3. The van der Waals surface area contributed by atoms with E-state index in [0.717, 1.165) is 73.9 Å². The molecule has 2 aliphatic rings. The van der Waals surface area contributed by atoms with E-state index < -0.39 is 0 Å². The van der Waals surface area contributed by atoms with Crippen molar-refractivity contribution in [2.24, 2.45) is 5.73 Å². The molecule has 2 amide bonds. The summed E-state index contributed by atoms with van der Waals surface area (Å²) < 4.78 is 3.86. The number of thioether (sulfide) groups is 1. The van der Waals surface area contributed by atoms with Gasteiger partial charge < -0.3 is 16.4 Å². The quantitative estimate of drug-likeness (QED) is 0.590. The average molecular weight is 475 g/mol. The Kier molecular flexibility index (Phi) is 7.77. The molecule has 2 heterocycles. The number of rotatable bonds is 6. The van der Waals surface area contributed by atoms with Gasteiger partial charge in [0.2, 0.25) is 0 Å². The van der Waals surface area contributed by atoms with Gasteiger partial charge in [-0.25, -0.2) is 0 Å². The summed E-state index contributed by atoms with van der Waals surface area (Å²) in [6.07, 6.45) is 4.02. The maximum atomic E-state index is 13.0. The van der Waals surface area contributed by atoms with E-state index in [-0.39, 0.29) is 23.9 Å². The Morgan fingerprint density at radius 2 is 1.97 bits per heavy atom. The monoisotopic (exact) mass is 474 g/mol. The van der Waals surface area contributed by atoms with Gasteiger partial charge in [-0.3, -0.25) is 14.5 Å². The van der Waals surface area contributed by atoms with Gasteiger partial charge in [0.25, 0.3) is 11.8 Å². The van der Waals surface area contributed by atoms with Crippen LogP contribution in [0.2, 0.25) is 0 Å². The minimum absolute atomic E-state index is 0.00858. The van der Waals surface area contributed by atoms with Crippen LogP contribution in [0.4, 0.5) is 5.69 Å². The summed E-state index contributed by atoms with van der Waals surface area (Å²) in [4.78, 5) is 28.7. The molecule has 1 aromatic heterocycles. The Hall–Kier alpha value is -2.01. The number of benzene rings is 1. The Morgan fingerprint density at radius 1 is 1.19 bits per heavy atom. The third kappa shape index (κ3) is 5.67. The molecule has 1 saturated carbocycles. The normalized spacial score (nSPS) is 21.8. The van der Waals surface area contributed by atoms with Crippen molar-refractivity contribution in [2.45, 2.75) is 51.2 Å². The summed E-state index contributed by atoms with van der Waals surface area (Å²) in [5, 5.41) is 10.0. The number of carbonyl (C=O) groups excluding carboxylic acids is 2. The third-order valence-corrected chi connectivity index (χ3v) is 7.88. The number of nitrogens with one attached hydrogen (secondary N) is 2. The standard InChI is InChI=1S/C22H30N6O2S2/c1-14-20(32-27-26-14)22(30)25-19-12-15(21(29)24-18-5-3-2-4-17(18)23)6-7-16(19)13-28-8-10-31-11-9-28/h6-7,12,17-18H,2-5,8-11,13,23H2,1H3,(H,24,29)(H,25,30). The Labute approximate surface area is 196 Å².